The molecule has 2 fully saturated rings. The average Bonchev–Trinajstić information content (AvgIpc) is 3.61. The molecule has 4 rings (SSSR count). The minimum atomic E-state index is -0.928. The maximum absolute atomic E-state index is 13.9. The van der Waals surface area contributed by atoms with Crippen LogP contribution in [0.25, 0.3) is 11.0 Å². The molecule has 34 heavy (non-hydrogen) atoms. The fourth-order valence-corrected chi connectivity index (χ4v) is 4.98. The van der Waals surface area contributed by atoms with Gasteiger partial charge < -0.3 is 29.4 Å². The number of likely N-dealkylation sites (tertiary alicyclic amines) is 1. The van der Waals surface area contributed by atoms with E-state index >= 15 is 0 Å². The molecule has 9 heteroatoms. The first-order chi connectivity index (χ1) is 16.4. The van der Waals surface area contributed by atoms with E-state index in [1.165, 1.54) is 4.90 Å². The molecule has 186 valence electrons. The summed E-state index contributed by atoms with van der Waals surface area (Å²) < 4.78 is 12.7. The topological polar surface area (TPSA) is 109 Å². The smallest absolute Gasteiger partial charge is 0.407 e. The van der Waals surface area contributed by atoms with Gasteiger partial charge in [0.25, 0.3) is 0 Å². The molecule has 2 unspecified atom stereocenters. The quantitative estimate of drug-likeness (QED) is 0.294. The van der Waals surface area contributed by atoms with Gasteiger partial charge in [0, 0.05) is 45.3 Å². The summed E-state index contributed by atoms with van der Waals surface area (Å²) >= 11 is 0. The maximum atomic E-state index is 13.9. The average molecular weight is 473 g/mol. The van der Waals surface area contributed by atoms with Crippen molar-refractivity contribution in [2.45, 2.75) is 57.8 Å². The van der Waals surface area contributed by atoms with Crippen LogP contribution in [0.2, 0.25) is 0 Å². The Morgan fingerprint density at radius 1 is 1.26 bits per heavy atom. The van der Waals surface area contributed by atoms with Gasteiger partial charge in [0.1, 0.15) is 0 Å². The van der Waals surface area contributed by atoms with Gasteiger partial charge in [-0.15, -0.1) is 0 Å². The number of aryl methyl sites for hydroxylation is 1. The molecule has 1 amide bonds. The molecule has 2 N–H and O–H groups in total. The van der Waals surface area contributed by atoms with Crippen LogP contribution in [0.4, 0.5) is 4.79 Å². The number of epoxide rings is 1. The highest BCUT2D eigenvalue weighted by Gasteiger charge is 2.41. The Labute approximate surface area is 200 Å². The van der Waals surface area contributed by atoms with Crippen LogP contribution in [0.3, 0.4) is 0 Å². The number of amides is 1. The van der Waals surface area contributed by atoms with Crippen molar-refractivity contribution in [2.75, 3.05) is 33.4 Å². The summed E-state index contributed by atoms with van der Waals surface area (Å²) in [5.41, 5.74) is 1.76. The number of imidazole rings is 1. The number of nitrogens with one attached hydrogen (secondary N) is 1. The Hall–Kier alpha value is -2.49. The third-order valence-corrected chi connectivity index (χ3v) is 6.86. The van der Waals surface area contributed by atoms with E-state index in [9.17, 15) is 14.7 Å². The van der Waals surface area contributed by atoms with Crippen molar-refractivity contribution in [1.82, 2.24) is 19.8 Å². The number of ether oxygens (including phenoxy) is 2. The summed E-state index contributed by atoms with van der Waals surface area (Å²) in [6, 6.07) is 7.25. The molecular weight excluding hydrogens is 436 g/mol. The van der Waals surface area contributed by atoms with Gasteiger partial charge in [-0.05, 0) is 37.3 Å². The number of ketones is 1. The van der Waals surface area contributed by atoms with Gasteiger partial charge in [-0.3, -0.25) is 4.79 Å². The predicted molar refractivity (Wildman–Crippen MR) is 128 cm³/mol. The molecule has 0 bridgehead atoms. The fourth-order valence-electron chi connectivity index (χ4n) is 4.98. The van der Waals surface area contributed by atoms with Crippen LogP contribution >= 0.6 is 0 Å². The Bertz CT molecular complexity index is 1000. The largest absolute Gasteiger partial charge is 0.465 e. The number of fused-ring (bicyclic) bond motifs is 1. The van der Waals surface area contributed by atoms with Crippen LogP contribution in [-0.2, 0) is 16.0 Å². The molecule has 0 spiro atoms. The normalized spacial score (nSPS) is 23.4. The van der Waals surface area contributed by atoms with Crippen molar-refractivity contribution >= 4 is 22.9 Å². The lowest BCUT2D eigenvalue weighted by molar-refractivity contribution is 0.0806. The molecule has 3 heterocycles. The number of nitrogens with zero attached hydrogens (tertiary/aromatic N) is 3. The van der Waals surface area contributed by atoms with Crippen molar-refractivity contribution in [3.63, 3.8) is 0 Å². The second kappa shape index (κ2) is 10.8. The number of piperidine rings is 1. The zero-order chi connectivity index (χ0) is 24.2. The van der Waals surface area contributed by atoms with Crippen LogP contribution in [0, 0.1) is 11.8 Å². The Balaban J connectivity index is 1.56. The van der Waals surface area contributed by atoms with Gasteiger partial charge in [0.15, 0.2) is 5.82 Å². The summed E-state index contributed by atoms with van der Waals surface area (Å²) in [4.78, 5) is 31.7. The zero-order valence-electron chi connectivity index (χ0n) is 20.3. The molecule has 2 aliphatic rings. The number of methoxy groups -OCH3 is 1. The lowest BCUT2D eigenvalue weighted by Crippen LogP contribution is -2.56. The number of carbonyl (C=O) groups excluding carboxylic acids is 1. The lowest BCUT2D eigenvalue weighted by atomic mass is 9.89. The molecule has 9 nitrogen and oxygen atoms in total. The van der Waals surface area contributed by atoms with E-state index in [-0.39, 0.29) is 29.8 Å². The second-order valence-electron chi connectivity index (χ2n) is 9.78. The molecule has 0 aliphatic carbocycles. The van der Waals surface area contributed by atoms with Crippen molar-refractivity contribution in [3.05, 3.63) is 30.1 Å². The number of aromatic nitrogens is 2. The maximum Gasteiger partial charge on any atom is 0.407 e. The Kier molecular flexibility index (Phi) is 7.85. The lowest BCUT2D eigenvalue weighted by Gasteiger charge is -2.38. The minimum absolute atomic E-state index is 0.0186. The zero-order valence-corrected chi connectivity index (χ0v) is 20.3. The van der Waals surface area contributed by atoms with E-state index < -0.39 is 12.1 Å². The van der Waals surface area contributed by atoms with E-state index in [1.807, 2.05) is 42.7 Å². The molecule has 1 aromatic heterocycles. The van der Waals surface area contributed by atoms with E-state index in [2.05, 4.69) is 5.32 Å². The number of benzene rings is 1. The first-order valence-corrected chi connectivity index (χ1v) is 12.2. The van der Waals surface area contributed by atoms with E-state index in [0.717, 1.165) is 30.3 Å². The molecule has 2 aromatic rings. The number of para-hydroxylation sites is 2. The van der Waals surface area contributed by atoms with Gasteiger partial charge in [-0.25, -0.2) is 9.78 Å². The van der Waals surface area contributed by atoms with Crippen molar-refractivity contribution in [3.8, 4) is 0 Å². The van der Waals surface area contributed by atoms with Crippen molar-refractivity contribution in [1.29, 1.82) is 0 Å². The Morgan fingerprint density at radius 3 is 2.71 bits per heavy atom. The van der Waals surface area contributed by atoms with Gasteiger partial charge in [0.2, 0.25) is 5.78 Å². The summed E-state index contributed by atoms with van der Waals surface area (Å²) in [6.07, 6.45) is 1.77. The Morgan fingerprint density at radius 2 is 2.03 bits per heavy atom. The number of unbranched alkanes of at least 4 members (excludes halogenated alkanes) is 1. The summed E-state index contributed by atoms with van der Waals surface area (Å²) in [7, 11) is 1.69. The van der Waals surface area contributed by atoms with Gasteiger partial charge in [-0.2, -0.15) is 0 Å². The fraction of sp³-hybridized carbons (Fsp3) is 0.640. The van der Waals surface area contributed by atoms with Crippen LogP contribution in [0.1, 0.15) is 43.7 Å². The number of hydrogen-bond acceptors (Lipinski definition) is 6. The molecule has 2 saturated heterocycles. The van der Waals surface area contributed by atoms with Gasteiger partial charge in [-0.1, -0.05) is 26.0 Å². The monoisotopic (exact) mass is 472 g/mol. The minimum Gasteiger partial charge on any atom is -0.465 e. The van der Waals surface area contributed by atoms with E-state index in [1.54, 1.807) is 7.11 Å². The first-order valence-electron chi connectivity index (χ1n) is 12.2. The second-order valence-corrected chi connectivity index (χ2v) is 9.78. The number of hydrogen-bond donors (Lipinski definition) is 2. The highest BCUT2D eigenvalue weighted by Crippen LogP contribution is 2.30. The van der Waals surface area contributed by atoms with Gasteiger partial charge >= 0.3 is 6.09 Å². The molecule has 2 aliphatic heterocycles. The number of rotatable bonds is 11. The highest BCUT2D eigenvalue weighted by atomic mass is 16.6. The standard InChI is InChI=1S/C25H36N4O5/c1-16(2)22(26-18-12-17(21-15-34-21)13-28(14-18)25(31)32)23(30)24-27-19-8-4-5-9-20(19)29(24)10-6-7-11-33-3/h4-5,8-9,16-18,21-22,26H,6-7,10-15H2,1-3H3,(H,31,32)/t17-,18+,21?,22?/m1/s1. The van der Waals surface area contributed by atoms with Crippen LogP contribution in [0.15, 0.2) is 24.3 Å². The highest BCUT2D eigenvalue weighted by molar-refractivity contribution is 6.00. The number of carboxylic acid groups (broad SMARTS) is 1. The van der Waals surface area contributed by atoms with Gasteiger partial charge in [0.05, 0.1) is 29.8 Å². The van der Waals surface area contributed by atoms with Crippen LogP contribution in [-0.4, -0.2) is 83.0 Å². The number of carbonyl (C=O) groups is 2. The molecule has 0 saturated carbocycles. The SMILES string of the molecule is COCCCCn1c(C(=O)C(N[C@H]2C[C@@H](C3CO3)CN(C(=O)O)C2)C(C)C)nc2ccccc21. The third-order valence-electron chi connectivity index (χ3n) is 6.86. The molecule has 1 aromatic carbocycles. The summed E-state index contributed by atoms with van der Waals surface area (Å²) in [5.74, 6) is 0.572. The molecule has 4 atom stereocenters. The molecular formula is C25H36N4O5. The summed E-state index contributed by atoms with van der Waals surface area (Å²) in [5, 5.41) is 13.1. The predicted octanol–water partition coefficient (Wildman–Crippen LogP) is 3.03. The third kappa shape index (κ3) is 5.59. The van der Waals surface area contributed by atoms with Crippen LogP contribution < -0.4 is 5.32 Å². The van der Waals surface area contributed by atoms with Crippen LogP contribution in [0.5, 0.6) is 0 Å². The number of Topliss-reactive ketones (excluding diaryl/α,β-unsaturated/α-hetero) is 1. The van der Waals surface area contributed by atoms with Crippen molar-refractivity contribution in [2.24, 2.45) is 11.8 Å². The van der Waals surface area contributed by atoms with E-state index in [4.69, 9.17) is 14.5 Å². The summed E-state index contributed by atoms with van der Waals surface area (Å²) in [6.45, 7) is 6.93. The first kappa shape index (κ1) is 24.6. The molecule has 0 radical (unpaired) electrons. The van der Waals surface area contributed by atoms with Crippen molar-refractivity contribution < 1.29 is 24.2 Å². The van der Waals surface area contributed by atoms with E-state index in [0.29, 0.717) is 38.7 Å².